The molecule has 30 heavy (non-hydrogen) atoms. The van der Waals surface area contributed by atoms with Crippen molar-refractivity contribution in [2.45, 2.75) is 6.10 Å². The molecule has 0 unspecified atom stereocenters. The fraction of sp³-hybridized carbons (Fsp3) is 0.182. The summed E-state index contributed by atoms with van der Waals surface area (Å²) in [5.41, 5.74) is 3.68. The number of benzene rings is 1. The Morgan fingerprint density at radius 1 is 1.20 bits per heavy atom. The summed E-state index contributed by atoms with van der Waals surface area (Å²) in [6, 6.07) is 18.4. The van der Waals surface area contributed by atoms with Crippen molar-refractivity contribution < 1.29 is 18.7 Å². The number of hydrogen-bond donors (Lipinski definition) is 2. The van der Waals surface area contributed by atoms with Crippen LogP contribution in [0.5, 0.6) is 0 Å². The van der Waals surface area contributed by atoms with E-state index < -0.39 is 18.0 Å². The Bertz CT molecular complexity index is 1030. The van der Waals surface area contributed by atoms with Crippen LogP contribution in [0.25, 0.3) is 11.1 Å². The molecule has 0 aromatic heterocycles. The fourth-order valence-electron chi connectivity index (χ4n) is 3.32. The molecule has 154 valence electrons. The summed E-state index contributed by atoms with van der Waals surface area (Å²) >= 11 is 4.91. The van der Waals surface area contributed by atoms with Gasteiger partial charge < -0.3 is 20.1 Å². The van der Waals surface area contributed by atoms with E-state index in [1.165, 1.54) is 18.1 Å². The average molecular weight is 425 g/mol. The lowest BCUT2D eigenvalue weighted by Crippen LogP contribution is -2.34. The van der Waals surface area contributed by atoms with E-state index in [9.17, 15) is 9.18 Å². The number of rotatable bonds is 5. The molecule has 0 radical (unpaired) electrons. The van der Waals surface area contributed by atoms with Gasteiger partial charge in [0.15, 0.2) is 0 Å². The molecule has 0 spiro atoms. The first-order chi connectivity index (χ1) is 14.5. The van der Waals surface area contributed by atoms with Gasteiger partial charge >= 0.3 is 6.09 Å². The number of halogens is 1. The topological polar surface area (TPSA) is 62.8 Å². The monoisotopic (exact) mass is 425 g/mol. The zero-order valence-electron chi connectivity index (χ0n) is 16.2. The van der Waals surface area contributed by atoms with Crippen molar-refractivity contribution in [3.05, 3.63) is 66.5 Å². The molecule has 6 nitrogen and oxygen atoms in total. The maximum atomic E-state index is 14.7. The Hall–Kier alpha value is -3.39. The van der Waals surface area contributed by atoms with Crippen molar-refractivity contribution in [3.8, 4) is 11.1 Å². The van der Waals surface area contributed by atoms with Crippen LogP contribution in [0, 0.1) is 5.82 Å². The molecule has 8 heteroatoms. The molecule has 2 aliphatic carbocycles. The van der Waals surface area contributed by atoms with Crippen LogP contribution in [0.3, 0.4) is 0 Å². The SMILES string of the molecule is COC(=S)NC[C@H]1CN(c2ccc(Nc3cc4cccccc-4c3)c(F)c2)C(=O)O1. The number of ether oxygens (including phenoxy) is 2. The van der Waals surface area contributed by atoms with Gasteiger partial charge in [-0.05, 0) is 53.7 Å². The standard InChI is InChI=1S/C22H20FN3O3S/c1-28-21(30)24-12-18-13-26(22(27)29-18)17-7-8-20(19(23)11-17)25-16-9-14-5-3-2-4-6-15(14)10-16/h2-11,18,25H,12-13H2,1H3,(H,24,30)/t18-/m0/s1. The van der Waals surface area contributed by atoms with Gasteiger partial charge in [-0.1, -0.05) is 30.3 Å². The quantitative estimate of drug-likeness (QED) is 0.586. The van der Waals surface area contributed by atoms with Gasteiger partial charge in [0.05, 0.1) is 31.6 Å². The van der Waals surface area contributed by atoms with E-state index in [0.29, 0.717) is 17.9 Å². The summed E-state index contributed by atoms with van der Waals surface area (Å²) in [4.78, 5) is 13.6. The first-order valence-electron chi connectivity index (χ1n) is 9.39. The third-order valence-electron chi connectivity index (χ3n) is 4.81. The number of amides is 1. The largest absolute Gasteiger partial charge is 0.474 e. The van der Waals surface area contributed by atoms with E-state index in [-0.39, 0.29) is 11.7 Å². The second-order valence-corrected chi connectivity index (χ2v) is 7.21. The molecule has 1 aliphatic heterocycles. The highest BCUT2D eigenvalue weighted by Crippen LogP contribution is 2.32. The van der Waals surface area contributed by atoms with E-state index in [0.717, 1.165) is 16.8 Å². The van der Waals surface area contributed by atoms with Crippen LogP contribution >= 0.6 is 12.2 Å². The molecule has 1 aromatic carbocycles. The van der Waals surface area contributed by atoms with E-state index in [2.05, 4.69) is 10.6 Å². The lowest BCUT2D eigenvalue weighted by atomic mass is 10.2. The Morgan fingerprint density at radius 2 is 1.93 bits per heavy atom. The smallest absolute Gasteiger partial charge is 0.414 e. The maximum Gasteiger partial charge on any atom is 0.414 e. The maximum absolute atomic E-state index is 14.7. The van der Waals surface area contributed by atoms with Gasteiger partial charge in [-0.25, -0.2) is 9.18 Å². The van der Waals surface area contributed by atoms with Crippen LogP contribution in [-0.4, -0.2) is 37.6 Å². The molecular weight excluding hydrogens is 405 g/mol. The Labute approximate surface area is 178 Å². The molecule has 0 saturated carbocycles. The first-order valence-corrected chi connectivity index (χ1v) is 9.79. The molecule has 4 rings (SSSR count). The van der Waals surface area contributed by atoms with Gasteiger partial charge in [0.25, 0.3) is 5.17 Å². The van der Waals surface area contributed by atoms with Crippen molar-refractivity contribution in [3.63, 3.8) is 0 Å². The predicted octanol–water partition coefficient (Wildman–Crippen LogP) is 4.52. The molecule has 1 amide bonds. The summed E-state index contributed by atoms with van der Waals surface area (Å²) < 4.78 is 24.9. The number of thiocarbonyl (C=S) groups is 1. The third kappa shape index (κ3) is 4.28. The zero-order chi connectivity index (χ0) is 21.1. The lowest BCUT2D eigenvalue weighted by Gasteiger charge is -2.15. The summed E-state index contributed by atoms with van der Waals surface area (Å²) in [5.74, 6) is -0.460. The highest BCUT2D eigenvalue weighted by molar-refractivity contribution is 7.80. The zero-order valence-corrected chi connectivity index (χ0v) is 17.0. The average Bonchev–Trinajstić information content (AvgIpc) is 3.23. The molecule has 1 fully saturated rings. The van der Waals surface area contributed by atoms with E-state index >= 15 is 0 Å². The van der Waals surface area contributed by atoms with Crippen molar-refractivity contribution in [1.82, 2.24) is 5.32 Å². The first kappa shape index (κ1) is 19.9. The van der Waals surface area contributed by atoms with Crippen molar-refractivity contribution in [2.75, 3.05) is 30.4 Å². The number of carbonyl (C=O) groups excluding carboxylic acids is 1. The number of nitrogens with zero attached hydrogens (tertiary/aromatic N) is 1. The van der Waals surface area contributed by atoms with Gasteiger partial charge in [0.1, 0.15) is 11.9 Å². The highest BCUT2D eigenvalue weighted by atomic mass is 32.1. The highest BCUT2D eigenvalue weighted by Gasteiger charge is 2.32. The van der Waals surface area contributed by atoms with Gasteiger partial charge in [0.2, 0.25) is 0 Å². The molecule has 1 atom stereocenters. The molecular formula is C22H20FN3O3S. The summed E-state index contributed by atoms with van der Waals surface area (Å²) in [5, 5.41) is 6.17. The number of hydrogen-bond acceptors (Lipinski definition) is 5. The molecule has 3 aliphatic rings. The van der Waals surface area contributed by atoms with Crippen LogP contribution in [0.1, 0.15) is 0 Å². The van der Waals surface area contributed by atoms with Gasteiger partial charge in [-0.3, -0.25) is 4.90 Å². The van der Waals surface area contributed by atoms with E-state index in [1.54, 1.807) is 12.1 Å². The van der Waals surface area contributed by atoms with E-state index in [1.807, 2.05) is 42.5 Å². The Morgan fingerprint density at radius 3 is 2.60 bits per heavy atom. The van der Waals surface area contributed by atoms with Crippen LogP contribution < -0.4 is 15.5 Å². The number of nitrogens with one attached hydrogen (secondary N) is 2. The van der Waals surface area contributed by atoms with Gasteiger partial charge in [-0.15, -0.1) is 0 Å². The second-order valence-electron chi connectivity index (χ2n) is 6.84. The molecule has 1 aromatic rings. The minimum atomic E-state index is -0.527. The molecule has 1 heterocycles. The second kappa shape index (κ2) is 8.54. The van der Waals surface area contributed by atoms with Crippen LogP contribution in [-0.2, 0) is 9.47 Å². The van der Waals surface area contributed by atoms with Crippen molar-refractivity contribution in [1.29, 1.82) is 0 Å². The number of carbonyl (C=O) groups is 1. The summed E-state index contributed by atoms with van der Waals surface area (Å²) in [7, 11) is 1.46. The van der Waals surface area contributed by atoms with Crippen molar-refractivity contribution >= 4 is 40.5 Å². The van der Waals surface area contributed by atoms with Crippen LogP contribution in [0.15, 0.2) is 60.7 Å². The van der Waals surface area contributed by atoms with E-state index in [4.69, 9.17) is 21.7 Å². The minimum absolute atomic E-state index is 0.222. The number of fused-ring (bicyclic) bond motifs is 1. The minimum Gasteiger partial charge on any atom is -0.474 e. The Kier molecular flexibility index (Phi) is 5.67. The number of anilines is 3. The fourth-order valence-corrected chi connectivity index (χ4v) is 3.41. The molecule has 0 bridgehead atoms. The van der Waals surface area contributed by atoms with Crippen LogP contribution in [0.4, 0.5) is 26.2 Å². The molecule has 2 N–H and O–H groups in total. The normalized spacial score (nSPS) is 15.7. The van der Waals surface area contributed by atoms with Gasteiger partial charge in [0, 0.05) is 5.69 Å². The lowest BCUT2D eigenvalue weighted by molar-refractivity contribution is 0.142. The molecule has 1 saturated heterocycles. The number of methoxy groups -OCH3 is 1. The van der Waals surface area contributed by atoms with Crippen molar-refractivity contribution in [2.24, 2.45) is 0 Å². The van der Waals surface area contributed by atoms with Gasteiger partial charge in [-0.2, -0.15) is 0 Å². The Balaban J connectivity index is 1.46. The third-order valence-corrected chi connectivity index (χ3v) is 5.12. The summed E-state index contributed by atoms with van der Waals surface area (Å²) in [6.45, 7) is 0.606. The number of cyclic esters (lactones) is 1. The summed E-state index contributed by atoms with van der Waals surface area (Å²) in [6.07, 6.45) is -0.940. The predicted molar refractivity (Wildman–Crippen MR) is 118 cm³/mol. The van der Waals surface area contributed by atoms with Crippen LogP contribution in [0.2, 0.25) is 0 Å².